The number of anilines is 1. The Balaban J connectivity index is 1.70. The third-order valence-corrected chi connectivity index (χ3v) is 5.14. The van der Waals surface area contributed by atoms with Crippen molar-refractivity contribution < 1.29 is 13.2 Å². The van der Waals surface area contributed by atoms with Gasteiger partial charge in [-0.2, -0.15) is 0 Å². The van der Waals surface area contributed by atoms with Gasteiger partial charge in [0.25, 0.3) is 0 Å². The molecule has 2 heterocycles. The van der Waals surface area contributed by atoms with Gasteiger partial charge in [0.15, 0.2) is 0 Å². The van der Waals surface area contributed by atoms with Crippen LogP contribution in [0.25, 0.3) is 0 Å². The molecule has 0 saturated carbocycles. The third-order valence-electron chi connectivity index (χ3n) is 3.75. The average Bonchev–Trinajstić information content (AvgIpc) is 2.61. The quantitative estimate of drug-likeness (QED) is 0.871. The molecule has 8 heteroatoms. The number of rotatable bonds is 5. The summed E-state index contributed by atoms with van der Waals surface area (Å²) in [7, 11) is -3.58. The zero-order valence-electron chi connectivity index (χ0n) is 13.5. The fraction of sp³-hybridized carbons (Fsp3) is 0.375. The van der Waals surface area contributed by atoms with E-state index in [9.17, 15) is 8.42 Å². The first-order valence-electron chi connectivity index (χ1n) is 7.75. The highest BCUT2D eigenvalue weighted by Crippen LogP contribution is 2.13. The number of hydrogen-bond acceptors (Lipinski definition) is 6. The van der Waals surface area contributed by atoms with Gasteiger partial charge in [0, 0.05) is 19.3 Å². The molecule has 128 valence electrons. The van der Waals surface area contributed by atoms with E-state index >= 15 is 0 Å². The third kappa shape index (κ3) is 4.08. The van der Waals surface area contributed by atoms with E-state index in [-0.39, 0.29) is 11.4 Å². The van der Waals surface area contributed by atoms with E-state index in [1.807, 2.05) is 19.1 Å². The maximum absolute atomic E-state index is 12.4. The number of hydrogen-bond donors (Lipinski definition) is 1. The summed E-state index contributed by atoms with van der Waals surface area (Å²) >= 11 is 0. The van der Waals surface area contributed by atoms with E-state index in [0.717, 1.165) is 24.5 Å². The average molecular weight is 348 g/mol. The molecule has 0 spiro atoms. The lowest BCUT2D eigenvalue weighted by Gasteiger charge is -2.27. The first-order valence-corrected chi connectivity index (χ1v) is 9.24. The van der Waals surface area contributed by atoms with Crippen molar-refractivity contribution in [2.45, 2.75) is 18.4 Å². The predicted molar refractivity (Wildman–Crippen MR) is 90.3 cm³/mol. The largest absolute Gasteiger partial charge is 0.378 e. The molecule has 1 N–H and O–H groups in total. The molecule has 0 bridgehead atoms. The molecule has 1 aliphatic heterocycles. The molecule has 0 aliphatic carbocycles. The lowest BCUT2D eigenvalue weighted by atomic mass is 10.2. The summed E-state index contributed by atoms with van der Waals surface area (Å²) in [6.07, 6.45) is 1.65. The Kier molecular flexibility index (Phi) is 5.08. The van der Waals surface area contributed by atoms with Crippen LogP contribution in [0.4, 0.5) is 5.82 Å². The second-order valence-corrected chi connectivity index (χ2v) is 7.34. The van der Waals surface area contributed by atoms with Crippen molar-refractivity contribution >= 4 is 15.8 Å². The molecule has 0 atom stereocenters. The van der Waals surface area contributed by atoms with Crippen LogP contribution in [0.5, 0.6) is 0 Å². The Morgan fingerprint density at radius 3 is 2.79 bits per heavy atom. The van der Waals surface area contributed by atoms with Crippen LogP contribution < -0.4 is 9.62 Å². The maximum atomic E-state index is 12.4. The fourth-order valence-electron chi connectivity index (χ4n) is 2.47. The summed E-state index contributed by atoms with van der Waals surface area (Å²) in [5.41, 5.74) is 0.892. The number of aryl methyl sites for hydroxylation is 1. The number of aromatic nitrogens is 2. The molecule has 1 aliphatic rings. The van der Waals surface area contributed by atoms with Gasteiger partial charge < -0.3 is 9.64 Å². The first kappa shape index (κ1) is 16.8. The molecule has 1 aromatic carbocycles. The molecule has 1 fully saturated rings. The molecule has 0 unspecified atom stereocenters. The van der Waals surface area contributed by atoms with Gasteiger partial charge in [-0.15, -0.1) is 0 Å². The Hall–Kier alpha value is -2.03. The van der Waals surface area contributed by atoms with Gasteiger partial charge >= 0.3 is 0 Å². The van der Waals surface area contributed by atoms with Gasteiger partial charge in [-0.05, 0) is 30.7 Å². The zero-order chi connectivity index (χ0) is 17.0. The summed E-state index contributed by atoms with van der Waals surface area (Å²) in [4.78, 5) is 10.9. The number of sulfonamides is 1. The van der Waals surface area contributed by atoms with E-state index in [1.165, 1.54) is 0 Å². The molecular formula is C16H20N4O3S. The lowest BCUT2D eigenvalue weighted by Crippen LogP contribution is -2.37. The molecule has 1 aromatic heterocycles. The molecule has 24 heavy (non-hydrogen) atoms. The van der Waals surface area contributed by atoms with Gasteiger partial charge in [-0.25, -0.2) is 23.1 Å². The molecule has 7 nitrogen and oxygen atoms in total. The van der Waals surface area contributed by atoms with Crippen molar-refractivity contribution in [1.29, 1.82) is 0 Å². The van der Waals surface area contributed by atoms with Crippen molar-refractivity contribution in [2.24, 2.45) is 0 Å². The van der Waals surface area contributed by atoms with Crippen LogP contribution in [0, 0.1) is 6.92 Å². The molecular weight excluding hydrogens is 328 g/mol. The molecule has 3 rings (SSSR count). The van der Waals surface area contributed by atoms with Crippen molar-refractivity contribution in [2.75, 3.05) is 31.2 Å². The standard InChI is InChI=1S/C16H20N4O3S/c1-13-3-2-4-14(11-13)24(21,22)18-12-15-17-6-5-16(19-15)20-7-9-23-10-8-20/h2-6,11,18H,7-10,12H2,1H3. The normalized spacial score (nSPS) is 15.5. The fourth-order valence-corrected chi connectivity index (χ4v) is 3.55. The smallest absolute Gasteiger partial charge is 0.240 e. The van der Waals surface area contributed by atoms with Crippen LogP contribution >= 0.6 is 0 Å². The maximum Gasteiger partial charge on any atom is 0.240 e. The second-order valence-electron chi connectivity index (χ2n) is 5.57. The van der Waals surface area contributed by atoms with Crippen LogP contribution in [-0.2, 0) is 21.3 Å². The van der Waals surface area contributed by atoms with E-state index in [0.29, 0.717) is 19.0 Å². The Morgan fingerprint density at radius 2 is 2.04 bits per heavy atom. The zero-order valence-corrected chi connectivity index (χ0v) is 14.3. The van der Waals surface area contributed by atoms with E-state index < -0.39 is 10.0 Å². The highest BCUT2D eigenvalue weighted by atomic mass is 32.2. The molecule has 0 radical (unpaired) electrons. The molecule has 2 aromatic rings. The van der Waals surface area contributed by atoms with Crippen LogP contribution in [-0.4, -0.2) is 44.7 Å². The summed E-state index contributed by atoms with van der Waals surface area (Å²) in [6.45, 7) is 4.78. The summed E-state index contributed by atoms with van der Waals surface area (Å²) in [6, 6.07) is 8.60. The number of benzene rings is 1. The summed E-state index contributed by atoms with van der Waals surface area (Å²) in [5.74, 6) is 1.23. The van der Waals surface area contributed by atoms with Crippen LogP contribution in [0.1, 0.15) is 11.4 Å². The topological polar surface area (TPSA) is 84.4 Å². The molecule has 1 saturated heterocycles. The van der Waals surface area contributed by atoms with Gasteiger partial charge in [0.2, 0.25) is 10.0 Å². The van der Waals surface area contributed by atoms with Gasteiger partial charge in [0.05, 0.1) is 24.7 Å². The Bertz CT molecular complexity index is 804. The minimum Gasteiger partial charge on any atom is -0.378 e. The number of morpholine rings is 1. The van der Waals surface area contributed by atoms with E-state index in [4.69, 9.17) is 4.74 Å². The van der Waals surface area contributed by atoms with Crippen molar-refractivity contribution in [1.82, 2.24) is 14.7 Å². The van der Waals surface area contributed by atoms with E-state index in [2.05, 4.69) is 19.6 Å². The van der Waals surface area contributed by atoms with Crippen molar-refractivity contribution in [3.63, 3.8) is 0 Å². The lowest BCUT2D eigenvalue weighted by molar-refractivity contribution is 0.122. The van der Waals surface area contributed by atoms with Gasteiger partial charge in [0.1, 0.15) is 11.6 Å². The van der Waals surface area contributed by atoms with Crippen LogP contribution in [0.15, 0.2) is 41.4 Å². The minimum absolute atomic E-state index is 0.0501. The monoisotopic (exact) mass is 348 g/mol. The Labute approximate surface area is 141 Å². The van der Waals surface area contributed by atoms with Gasteiger partial charge in [-0.1, -0.05) is 12.1 Å². The Morgan fingerprint density at radius 1 is 1.25 bits per heavy atom. The first-order chi connectivity index (χ1) is 11.5. The minimum atomic E-state index is -3.58. The second kappa shape index (κ2) is 7.25. The summed E-state index contributed by atoms with van der Waals surface area (Å²) < 4.78 is 32.6. The van der Waals surface area contributed by atoms with E-state index in [1.54, 1.807) is 24.4 Å². The number of ether oxygens (including phenoxy) is 1. The highest BCUT2D eigenvalue weighted by molar-refractivity contribution is 7.89. The molecule has 0 amide bonds. The van der Waals surface area contributed by atoms with Crippen LogP contribution in [0.2, 0.25) is 0 Å². The highest BCUT2D eigenvalue weighted by Gasteiger charge is 2.16. The van der Waals surface area contributed by atoms with Crippen molar-refractivity contribution in [3.8, 4) is 0 Å². The SMILES string of the molecule is Cc1cccc(S(=O)(=O)NCc2nccc(N3CCOCC3)n2)c1. The predicted octanol–water partition coefficient (Wildman–Crippen LogP) is 1.10. The van der Waals surface area contributed by atoms with Crippen LogP contribution in [0.3, 0.4) is 0 Å². The number of nitrogens with zero attached hydrogens (tertiary/aromatic N) is 3. The van der Waals surface area contributed by atoms with Gasteiger partial charge in [-0.3, -0.25) is 0 Å². The summed E-state index contributed by atoms with van der Waals surface area (Å²) in [5, 5.41) is 0. The number of nitrogens with one attached hydrogen (secondary N) is 1. The van der Waals surface area contributed by atoms with Crippen molar-refractivity contribution in [3.05, 3.63) is 47.9 Å².